The molecule has 0 spiro atoms. The minimum absolute atomic E-state index is 0.235. The Labute approximate surface area is 153 Å². The van der Waals surface area contributed by atoms with Crippen molar-refractivity contribution in [3.05, 3.63) is 59.7 Å². The summed E-state index contributed by atoms with van der Waals surface area (Å²) in [6, 6.07) is 11.8. The van der Waals surface area contributed by atoms with Crippen molar-refractivity contribution in [2.45, 2.75) is 26.3 Å². The highest BCUT2D eigenvalue weighted by Crippen LogP contribution is 2.26. The lowest BCUT2D eigenvalue weighted by atomic mass is 10.1. The molecule has 136 valence electrons. The van der Waals surface area contributed by atoms with E-state index in [-0.39, 0.29) is 5.82 Å². The number of hydrogen-bond donors (Lipinski definition) is 1. The Morgan fingerprint density at radius 2 is 1.92 bits per heavy atom. The van der Waals surface area contributed by atoms with E-state index in [4.69, 9.17) is 4.98 Å². The third-order valence-electron chi connectivity index (χ3n) is 5.12. The van der Waals surface area contributed by atoms with E-state index in [1.54, 1.807) is 12.3 Å². The Morgan fingerprint density at radius 1 is 1.08 bits per heavy atom. The van der Waals surface area contributed by atoms with Crippen molar-refractivity contribution in [2.24, 2.45) is 0 Å². The van der Waals surface area contributed by atoms with Crippen LogP contribution < -0.4 is 5.32 Å². The van der Waals surface area contributed by atoms with Crippen LogP contribution in [0.2, 0.25) is 0 Å². The first-order valence-corrected chi connectivity index (χ1v) is 9.43. The fraction of sp³-hybridized carbons (Fsp3) is 0.381. The summed E-state index contributed by atoms with van der Waals surface area (Å²) >= 11 is 0. The van der Waals surface area contributed by atoms with E-state index in [1.807, 2.05) is 4.40 Å². The first-order chi connectivity index (χ1) is 12.7. The predicted molar refractivity (Wildman–Crippen MR) is 103 cm³/mol. The molecule has 26 heavy (non-hydrogen) atoms. The molecule has 5 heteroatoms. The molecule has 3 aromatic rings. The maximum Gasteiger partial charge on any atom is 0.139 e. The largest absolute Gasteiger partial charge is 0.315 e. The van der Waals surface area contributed by atoms with Gasteiger partial charge in [0.2, 0.25) is 0 Å². The fourth-order valence-electron chi connectivity index (χ4n) is 3.62. The molecule has 0 atom stereocenters. The maximum absolute atomic E-state index is 13.9. The number of fused-ring (bicyclic) bond motifs is 1. The zero-order valence-electron chi connectivity index (χ0n) is 15.2. The van der Waals surface area contributed by atoms with Crippen LogP contribution in [0, 0.1) is 5.82 Å². The van der Waals surface area contributed by atoms with Gasteiger partial charge in [0, 0.05) is 31.4 Å². The summed E-state index contributed by atoms with van der Waals surface area (Å²) in [6.45, 7) is 7.02. The Morgan fingerprint density at radius 3 is 2.73 bits per heavy atom. The molecule has 0 unspecified atom stereocenters. The Balaban J connectivity index is 1.77. The summed E-state index contributed by atoms with van der Waals surface area (Å²) in [7, 11) is 0. The summed E-state index contributed by atoms with van der Waals surface area (Å²) in [4.78, 5) is 7.25. The molecule has 1 saturated heterocycles. The lowest BCUT2D eigenvalue weighted by Crippen LogP contribution is -2.28. The highest BCUT2D eigenvalue weighted by Gasteiger charge is 2.18. The van der Waals surface area contributed by atoms with Crippen molar-refractivity contribution in [3.8, 4) is 11.3 Å². The summed E-state index contributed by atoms with van der Waals surface area (Å²) < 4.78 is 15.8. The van der Waals surface area contributed by atoms with Crippen molar-refractivity contribution < 1.29 is 4.39 Å². The molecule has 4 rings (SSSR count). The smallest absolute Gasteiger partial charge is 0.139 e. The second kappa shape index (κ2) is 7.56. The molecule has 0 bridgehead atoms. The molecule has 2 aromatic heterocycles. The normalized spacial score (nSPS) is 16.1. The quantitative estimate of drug-likeness (QED) is 0.780. The number of nitrogens with zero attached hydrogens (tertiary/aromatic N) is 3. The molecule has 0 radical (unpaired) electrons. The fourth-order valence-corrected chi connectivity index (χ4v) is 3.62. The van der Waals surface area contributed by atoms with Gasteiger partial charge in [0.1, 0.15) is 11.5 Å². The van der Waals surface area contributed by atoms with Gasteiger partial charge in [0.05, 0.1) is 11.4 Å². The lowest BCUT2D eigenvalue weighted by Gasteiger charge is -2.20. The van der Waals surface area contributed by atoms with Crippen LogP contribution in [0.3, 0.4) is 0 Å². The first kappa shape index (κ1) is 17.2. The summed E-state index contributed by atoms with van der Waals surface area (Å²) in [5.74, 6) is -0.235. The van der Waals surface area contributed by atoms with Crippen molar-refractivity contribution in [2.75, 3.05) is 26.2 Å². The summed E-state index contributed by atoms with van der Waals surface area (Å²) in [6.07, 6.45) is 3.70. The number of aryl methyl sites for hydroxylation is 1. The van der Waals surface area contributed by atoms with Crippen LogP contribution in [0.4, 0.5) is 4.39 Å². The standard InChI is InChI=1S/C21H25FN4/c1-2-16-4-6-17(7-5-16)21-19(15-25-12-3-10-23-11-13-25)26-14-18(22)8-9-20(26)24-21/h4-9,14,23H,2-3,10-13,15H2,1H3. The van der Waals surface area contributed by atoms with E-state index in [2.05, 4.69) is 41.4 Å². The number of pyridine rings is 1. The third kappa shape index (κ3) is 3.50. The van der Waals surface area contributed by atoms with Crippen LogP contribution >= 0.6 is 0 Å². The molecular weight excluding hydrogens is 327 g/mol. The van der Waals surface area contributed by atoms with Gasteiger partial charge < -0.3 is 5.32 Å². The Hall–Kier alpha value is -2.24. The van der Waals surface area contributed by atoms with E-state index in [0.29, 0.717) is 0 Å². The summed E-state index contributed by atoms with van der Waals surface area (Å²) in [5, 5.41) is 3.44. The highest BCUT2D eigenvalue weighted by molar-refractivity contribution is 5.67. The van der Waals surface area contributed by atoms with Crippen LogP contribution in [-0.2, 0) is 13.0 Å². The van der Waals surface area contributed by atoms with Crippen LogP contribution in [0.15, 0.2) is 42.6 Å². The first-order valence-electron chi connectivity index (χ1n) is 9.43. The zero-order chi connectivity index (χ0) is 17.9. The molecule has 0 saturated carbocycles. The number of benzene rings is 1. The molecule has 1 aliphatic heterocycles. The topological polar surface area (TPSA) is 32.6 Å². The van der Waals surface area contributed by atoms with E-state index >= 15 is 0 Å². The number of aromatic nitrogens is 2. The van der Waals surface area contributed by atoms with Gasteiger partial charge in [0.25, 0.3) is 0 Å². The van der Waals surface area contributed by atoms with Crippen molar-refractivity contribution in [1.82, 2.24) is 19.6 Å². The van der Waals surface area contributed by atoms with Crippen LogP contribution in [-0.4, -0.2) is 40.5 Å². The molecule has 1 N–H and O–H groups in total. The van der Waals surface area contributed by atoms with Gasteiger partial charge in [-0.3, -0.25) is 9.30 Å². The van der Waals surface area contributed by atoms with Crippen LogP contribution in [0.1, 0.15) is 24.6 Å². The van der Waals surface area contributed by atoms with Gasteiger partial charge in [-0.2, -0.15) is 0 Å². The Bertz CT molecular complexity index is 877. The van der Waals surface area contributed by atoms with Crippen LogP contribution in [0.5, 0.6) is 0 Å². The summed E-state index contributed by atoms with van der Waals surface area (Å²) in [5.41, 5.74) is 5.21. The molecule has 0 amide bonds. The number of rotatable bonds is 4. The zero-order valence-corrected chi connectivity index (χ0v) is 15.2. The van der Waals surface area contributed by atoms with E-state index in [9.17, 15) is 4.39 Å². The SMILES string of the molecule is CCc1ccc(-c2nc3ccc(F)cn3c2CN2CCCNCC2)cc1. The number of imidazole rings is 1. The average molecular weight is 352 g/mol. The minimum atomic E-state index is -0.235. The Kier molecular flexibility index (Phi) is 5.00. The van der Waals surface area contributed by atoms with Crippen molar-refractivity contribution in [1.29, 1.82) is 0 Å². The molecule has 0 aliphatic carbocycles. The molecule has 1 aromatic carbocycles. The average Bonchev–Trinajstić information content (AvgIpc) is 2.83. The molecule has 1 aliphatic rings. The van der Waals surface area contributed by atoms with Gasteiger partial charge >= 0.3 is 0 Å². The lowest BCUT2D eigenvalue weighted by molar-refractivity contribution is 0.280. The second-order valence-electron chi connectivity index (χ2n) is 6.91. The molecule has 1 fully saturated rings. The van der Waals surface area contributed by atoms with Crippen molar-refractivity contribution >= 4 is 5.65 Å². The van der Waals surface area contributed by atoms with Gasteiger partial charge in [-0.25, -0.2) is 9.37 Å². The molecule has 4 nitrogen and oxygen atoms in total. The number of halogens is 1. The van der Waals surface area contributed by atoms with E-state index < -0.39 is 0 Å². The third-order valence-corrected chi connectivity index (χ3v) is 5.12. The van der Waals surface area contributed by atoms with Gasteiger partial charge in [-0.1, -0.05) is 31.2 Å². The van der Waals surface area contributed by atoms with E-state index in [0.717, 1.165) is 68.2 Å². The van der Waals surface area contributed by atoms with Gasteiger partial charge in [-0.05, 0) is 43.6 Å². The monoisotopic (exact) mass is 352 g/mol. The number of hydrogen-bond acceptors (Lipinski definition) is 3. The van der Waals surface area contributed by atoms with Gasteiger partial charge in [0.15, 0.2) is 0 Å². The molecular formula is C21H25FN4. The van der Waals surface area contributed by atoms with E-state index in [1.165, 1.54) is 11.6 Å². The van der Waals surface area contributed by atoms with Gasteiger partial charge in [-0.15, -0.1) is 0 Å². The molecule has 3 heterocycles. The minimum Gasteiger partial charge on any atom is -0.315 e. The maximum atomic E-state index is 13.9. The van der Waals surface area contributed by atoms with Crippen LogP contribution in [0.25, 0.3) is 16.9 Å². The highest BCUT2D eigenvalue weighted by atomic mass is 19.1. The predicted octanol–water partition coefficient (Wildman–Crippen LogP) is 3.50. The number of nitrogens with one attached hydrogen (secondary N) is 1. The second-order valence-corrected chi connectivity index (χ2v) is 6.91. The van der Waals surface area contributed by atoms with Crippen molar-refractivity contribution in [3.63, 3.8) is 0 Å².